The summed E-state index contributed by atoms with van der Waals surface area (Å²) in [5.41, 5.74) is 0. The molecule has 0 atom stereocenters. The van der Waals surface area contributed by atoms with Gasteiger partial charge < -0.3 is 5.32 Å². The molecule has 0 spiro atoms. The van der Waals surface area contributed by atoms with E-state index in [4.69, 9.17) is 0 Å². The highest BCUT2D eigenvalue weighted by molar-refractivity contribution is 7.89. The van der Waals surface area contributed by atoms with Crippen molar-refractivity contribution in [1.82, 2.24) is 14.1 Å². The van der Waals surface area contributed by atoms with Crippen LogP contribution >= 0.6 is 11.3 Å². The van der Waals surface area contributed by atoms with E-state index in [9.17, 15) is 8.42 Å². The van der Waals surface area contributed by atoms with Crippen LogP contribution in [-0.2, 0) is 10.0 Å². The minimum Gasteiger partial charge on any atom is -0.368 e. The van der Waals surface area contributed by atoms with Crippen molar-refractivity contribution in [2.45, 2.75) is 38.6 Å². The van der Waals surface area contributed by atoms with Crippen LogP contribution in [0.15, 0.2) is 16.6 Å². The molecule has 118 valence electrons. The Bertz CT molecular complexity index is 688. The van der Waals surface area contributed by atoms with Crippen LogP contribution in [0.1, 0.15) is 33.6 Å². The molecule has 0 bridgehead atoms. The molecule has 0 fully saturated rings. The Labute approximate surface area is 129 Å². The molecule has 2 rings (SSSR count). The van der Waals surface area contributed by atoms with Gasteiger partial charge in [-0.1, -0.05) is 13.8 Å². The molecule has 0 saturated carbocycles. The topological polar surface area (TPSA) is 75.5 Å². The summed E-state index contributed by atoms with van der Waals surface area (Å²) in [6.07, 6.45) is 3.57. The van der Waals surface area contributed by atoms with Crippen molar-refractivity contribution in [2.24, 2.45) is 5.92 Å². The molecular weight excluding hydrogens is 308 g/mol. The number of anilines is 1. The van der Waals surface area contributed by atoms with Gasteiger partial charge in [0.1, 0.15) is 0 Å². The number of sulfonamides is 1. The van der Waals surface area contributed by atoms with E-state index in [1.54, 1.807) is 10.6 Å². The Morgan fingerprint density at radius 3 is 2.86 bits per heavy atom. The molecule has 0 aliphatic rings. The van der Waals surface area contributed by atoms with Crippen molar-refractivity contribution in [1.29, 1.82) is 0 Å². The van der Waals surface area contributed by atoms with Crippen molar-refractivity contribution in [2.75, 3.05) is 18.4 Å². The molecule has 21 heavy (non-hydrogen) atoms. The van der Waals surface area contributed by atoms with E-state index in [-0.39, 0.29) is 5.03 Å². The number of nitrogens with one attached hydrogen (secondary N) is 2. The molecule has 2 aromatic rings. The first-order chi connectivity index (χ1) is 9.95. The Hall–Kier alpha value is -1.12. The van der Waals surface area contributed by atoms with Gasteiger partial charge >= 0.3 is 0 Å². The average Bonchev–Trinajstić information content (AvgIpc) is 2.94. The first-order valence-corrected chi connectivity index (χ1v) is 9.51. The van der Waals surface area contributed by atoms with Crippen LogP contribution in [0.5, 0.6) is 0 Å². The minimum atomic E-state index is -3.57. The summed E-state index contributed by atoms with van der Waals surface area (Å²) >= 11 is 1.42. The molecule has 0 aliphatic carbocycles. The number of hydrogen-bond acceptors (Lipinski definition) is 5. The molecule has 2 N–H and O–H groups in total. The van der Waals surface area contributed by atoms with Crippen molar-refractivity contribution in [3.8, 4) is 0 Å². The molecular formula is C13H22N4O2S2. The Morgan fingerprint density at radius 1 is 1.43 bits per heavy atom. The average molecular weight is 330 g/mol. The van der Waals surface area contributed by atoms with Gasteiger partial charge in [0.15, 0.2) is 15.8 Å². The summed E-state index contributed by atoms with van der Waals surface area (Å²) in [5.74, 6) is 0.992. The number of fused-ring (bicyclic) bond motifs is 1. The Kier molecular flexibility index (Phi) is 5.23. The van der Waals surface area contributed by atoms with E-state index < -0.39 is 10.0 Å². The molecule has 2 heterocycles. The van der Waals surface area contributed by atoms with Crippen LogP contribution in [0.2, 0.25) is 0 Å². The third kappa shape index (κ3) is 3.75. The van der Waals surface area contributed by atoms with Crippen LogP contribution in [0, 0.1) is 5.92 Å². The summed E-state index contributed by atoms with van der Waals surface area (Å²) in [4.78, 5) is 5.01. The van der Waals surface area contributed by atoms with Gasteiger partial charge in [0.25, 0.3) is 10.0 Å². The van der Waals surface area contributed by atoms with Crippen LogP contribution in [0.3, 0.4) is 0 Å². The van der Waals surface area contributed by atoms with Crippen LogP contribution in [-0.4, -0.2) is 30.9 Å². The van der Waals surface area contributed by atoms with Gasteiger partial charge in [-0.3, -0.25) is 4.40 Å². The lowest BCUT2D eigenvalue weighted by molar-refractivity contribution is 0.538. The van der Waals surface area contributed by atoms with Gasteiger partial charge in [0.2, 0.25) is 0 Å². The predicted octanol–water partition coefficient (Wildman–Crippen LogP) is 2.54. The zero-order chi connectivity index (χ0) is 15.5. The summed E-state index contributed by atoms with van der Waals surface area (Å²) < 4.78 is 29.4. The number of nitrogens with zero attached hydrogens (tertiary/aromatic N) is 2. The highest BCUT2D eigenvalue weighted by Gasteiger charge is 2.25. The Balaban J connectivity index is 2.21. The van der Waals surface area contributed by atoms with Gasteiger partial charge in [-0.15, -0.1) is 11.3 Å². The van der Waals surface area contributed by atoms with Gasteiger partial charge in [0, 0.05) is 24.7 Å². The third-order valence-electron chi connectivity index (χ3n) is 3.07. The quantitative estimate of drug-likeness (QED) is 0.729. The molecule has 8 heteroatoms. The first kappa shape index (κ1) is 16.3. The SMILES string of the molecule is CCNc1nc2sccn2c1S(=O)(=O)NCCCC(C)C. The maximum atomic E-state index is 12.5. The lowest BCUT2D eigenvalue weighted by Crippen LogP contribution is -2.27. The Morgan fingerprint density at radius 2 is 2.19 bits per heavy atom. The lowest BCUT2D eigenvalue weighted by Gasteiger charge is -2.09. The lowest BCUT2D eigenvalue weighted by atomic mass is 10.1. The van der Waals surface area contributed by atoms with Crippen LogP contribution in [0.25, 0.3) is 4.96 Å². The van der Waals surface area contributed by atoms with E-state index in [1.807, 2.05) is 12.3 Å². The van der Waals surface area contributed by atoms with Gasteiger partial charge in [0.05, 0.1) is 0 Å². The fraction of sp³-hybridized carbons (Fsp3) is 0.615. The number of hydrogen-bond donors (Lipinski definition) is 2. The second kappa shape index (κ2) is 6.76. The maximum Gasteiger partial charge on any atom is 0.260 e. The summed E-state index contributed by atoms with van der Waals surface area (Å²) in [5, 5.41) is 5.05. The highest BCUT2D eigenvalue weighted by Crippen LogP contribution is 2.25. The molecule has 0 aliphatic heterocycles. The maximum absolute atomic E-state index is 12.5. The van der Waals surface area contributed by atoms with Crippen molar-refractivity contribution >= 4 is 32.1 Å². The van der Waals surface area contributed by atoms with Crippen molar-refractivity contribution < 1.29 is 8.42 Å². The fourth-order valence-corrected chi connectivity index (χ4v) is 4.19. The van der Waals surface area contributed by atoms with Crippen molar-refractivity contribution in [3.05, 3.63) is 11.6 Å². The largest absolute Gasteiger partial charge is 0.368 e. The summed E-state index contributed by atoms with van der Waals surface area (Å²) in [7, 11) is -3.57. The normalized spacial score (nSPS) is 12.4. The van der Waals surface area contributed by atoms with Gasteiger partial charge in [-0.25, -0.2) is 18.1 Å². The molecule has 0 aromatic carbocycles. The molecule has 0 amide bonds. The second-order valence-electron chi connectivity index (χ2n) is 5.29. The van der Waals surface area contributed by atoms with E-state index in [1.165, 1.54) is 11.3 Å². The summed E-state index contributed by atoms with van der Waals surface area (Å²) in [6, 6.07) is 0. The van der Waals surface area contributed by atoms with Crippen molar-refractivity contribution in [3.63, 3.8) is 0 Å². The molecule has 0 unspecified atom stereocenters. The zero-order valence-electron chi connectivity index (χ0n) is 12.6. The van der Waals surface area contributed by atoms with E-state index in [0.29, 0.717) is 29.8 Å². The van der Waals surface area contributed by atoms with Gasteiger partial charge in [-0.2, -0.15) is 0 Å². The number of imidazole rings is 1. The molecule has 0 saturated heterocycles. The number of rotatable bonds is 8. The standard InChI is InChI=1S/C13H22N4O2S2/c1-4-14-11-12(17-8-9-20-13(17)16-11)21(18,19)15-7-5-6-10(2)3/h8-10,14-15H,4-7H2,1-3H3. The molecule has 6 nitrogen and oxygen atoms in total. The van der Waals surface area contributed by atoms with Crippen LogP contribution < -0.4 is 10.0 Å². The predicted molar refractivity (Wildman–Crippen MR) is 86.5 cm³/mol. The third-order valence-corrected chi connectivity index (χ3v) is 5.31. The van der Waals surface area contributed by atoms with E-state index in [0.717, 1.165) is 12.8 Å². The monoisotopic (exact) mass is 330 g/mol. The smallest absolute Gasteiger partial charge is 0.260 e. The highest BCUT2D eigenvalue weighted by atomic mass is 32.2. The molecule has 2 aromatic heterocycles. The van der Waals surface area contributed by atoms with E-state index >= 15 is 0 Å². The van der Waals surface area contributed by atoms with Gasteiger partial charge in [-0.05, 0) is 25.7 Å². The zero-order valence-corrected chi connectivity index (χ0v) is 14.2. The number of thiazole rings is 1. The minimum absolute atomic E-state index is 0.199. The summed E-state index contributed by atoms with van der Waals surface area (Å²) in [6.45, 7) is 7.25. The number of aromatic nitrogens is 2. The van der Waals surface area contributed by atoms with E-state index in [2.05, 4.69) is 28.9 Å². The molecule has 0 radical (unpaired) electrons. The first-order valence-electron chi connectivity index (χ1n) is 7.14. The van der Waals surface area contributed by atoms with Crippen LogP contribution in [0.4, 0.5) is 5.82 Å². The second-order valence-corrected chi connectivity index (χ2v) is 7.84. The fourth-order valence-electron chi connectivity index (χ4n) is 2.09.